The van der Waals surface area contributed by atoms with Crippen LogP contribution in [-0.4, -0.2) is 37.2 Å². The number of hydrogen-bond donors (Lipinski definition) is 0. The maximum absolute atomic E-state index is 12.9. The van der Waals surface area contributed by atoms with Crippen LogP contribution in [0.3, 0.4) is 0 Å². The van der Waals surface area contributed by atoms with E-state index in [9.17, 15) is 14.4 Å². The summed E-state index contributed by atoms with van der Waals surface area (Å²) in [6, 6.07) is 0. The van der Waals surface area contributed by atoms with Crippen molar-refractivity contribution in [1.29, 1.82) is 0 Å². The van der Waals surface area contributed by atoms with E-state index in [4.69, 9.17) is 14.2 Å². The SMILES string of the molecule is CCCCCCC/C=C\C/C=C\CCCCCCCCCCCCCCCCCCCCCC(=O)OCC(COC(=O)CCCCCCCCCCCCCCCCC)OC(=O)CCCCCCC/C=C\CCCCCCCCC. The molecule has 6 heteroatoms. The fourth-order valence-corrected chi connectivity index (χ4v) is 10.9. The molecule has 470 valence electrons. The first-order valence-corrected chi connectivity index (χ1v) is 36.0. The number of carbonyl (C=O) groups excluding carboxylic acids is 3. The van der Waals surface area contributed by atoms with Crippen molar-refractivity contribution in [3.05, 3.63) is 36.5 Å². The molecule has 0 bridgehead atoms. The van der Waals surface area contributed by atoms with Crippen LogP contribution in [0, 0.1) is 0 Å². The Labute approximate surface area is 499 Å². The van der Waals surface area contributed by atoms with E-state index in [1.165, 1.54) is 289 Å². The van der Waals surface area contributed by atoms with Gasteiger partial charge in [0.2, 0.25) is 0 Å². The predicted molar refractivity (Wildman–Crippen MR) is 349 cm³/mol. The van der Waals surface area contributed by atoms with E-state index < -0.39 is 6.10 Å². The van der Waals surface area contributed by atoms with Gasteiger partial charge in [0.1, 0.15) is 13.2 Å². The third-order valence-corrected chi connectivity index (χ3v) is 16.4. The van der Waals surface area contributed by atoms with Crippen molar-refractivity contribution in [2.75, 3.05) is 13.2 Å². The standard InChI is InChI=1S/C74H138O6/c1-4-7-10-13-16-19-22-25-28-30-31-32-33-34-35-36-37-38-39-40-41-42-43-44-47-49-52-55-58-61-64-67-73(76)79-70-71(69-78-72(75)66-63-60-57-54-51-48-45-27-24-21-18-15-12-9-6-3)80-74(77)68-65-62-59-56-53-50-46-29-26-23-20-17-14-11-8-5-2/h22,25,29-31,46,71H,4-21,23-24,26-28,32-45,47-70H2,1-3H3/b25-22-,31-30-,46-29-. The highest BCUT2D eigenvalue weighted by molar-refractivity contribution is 5.71. The molecule has 0 spiro atoms. The summed E-state index contributed by atoms with van der Waals surface area (Å²) in [4.78, 5) is 38.4. The molecule has 0 fully saturated rings. The van der Waals surface area contributed by atoms with Crippen LogP contribution >= 0.6 is 0 Å². The summed E-state index contributed by atoms with van der Waals surface area (Å²) in [5.74, 6) is -0.847. The van der Waals surface area contributed by atoms with Gasteiger partial charge < -0.3 is 14.2 Å². The van der Waals surface area contributed by atoms with Crippen molar-refractivity contribution in [2.45, 2.75) is 406 Å². The zero-order valence-electron chi connectivity index (χ0n) is 54.1. The van der Waals surface area contributed by atoms with Gasteiger partial charge >= 0.3 is 17.9 Å². The number of unbranched alkanes of at least 4 members (excludes halogenated alkanes) is 50. The molecule has 0 saturated carbocycles. The highest BCUT2D eigenvalue weighted by Gasteiger charge is 2.19. The smallest absolute Gasteiger partial charge is 0.306 e. The monoisotopic (exact) mass is 1120 g/mol. The Balaban J connectivity index is 4.16. The minimum absolute atomic E-state index is 0.0691. The number of carbonyl (C=O) groups is 3. The molecule has 0 aromatic carbocycles. The first-order chi connectivity index (χ1) is 39.5. The molecule has 0 radical (unpaired) electrons. The van der Waals surface area contributed by atoms with Gasteiger partial charge in [-0.2, -0.15) is 0 Å². The second-order valence-electron chi connectivity index (χ2n) is 24.5. The minimum Gasteiger partial charge on any atom is -0.462 e. The number of esters is 3. The number of allylic oxidation sites excluding steroid dienone is 6. The van der Waals surface area contributed by atoms with Crippen molar-refractivity contribution in [2.24, 2.45) is 0 Å². The van der Waals surface area contributed by atoms with E-state index >= 15 is 0 Å². The van der Waals surface area contributed by atoms with Crippen LogP contribution in [0.15, 0.2) is 36.5 Å². The van der Waals surface area contributed by atoms with Gasteiger partial charge in [-0.05, 0) is 77.0 Å². The van der Waals surface area contributed by atoms with E-state index in [0.29, 0.717) is 19.3 Å². The Hall–Kier alpha value is -2.37. The first-order valence-electron chi connectivity index (χ1n) is 36.0. The molecule has 80 heavy (non-hydrogen) atoms. The summed E-state index contributed by atoms with van der Waals surface area (Å²) >= 11 is 0. The molecule has 0 aliphatic carbocycles. The van der Waals surface area contributed by atoms with Crippen LogP contribution in [0.5, 0.6) is 0 Å². The van der Waals surface area contributed by atoms with Crippen molar-refractivity contribution in [3.8, 4) is 0 Å². The molecule has 0 saturated heterocycles. The number of hydrogen-bond acceptors (Lipinski definition) is 6. The van der Waals surface area contributed by atoms with Crippen LogP contribution in [0.1, 0.15) is 400 Å². The molecule has 0 N–H and O–H groups in total. The third-order valence-electron chi connectivity index (χ3n) is 16.4. The normalized spacial score (nSPS) is 12.2. The van der Waals surface area contributed by atoms with Crippen molar-refractivity contribution < 1.29 is 28.6 Å². The Morgan fingerprint density at radius 1 is 0.250 bits per heavy atom. The van der Waals surface area contributed by atoms with E-state index in [-0.39, 0.29) is 31.1 Å². The lowest BCUT2D eigenvalue weighted by Crippen LogP contribution is -2.30. The molecule has 1 unspecified atom stereocenters. The quantitative estimate of drug-likeness (QED) is 0.0261. The van der Waals surface area contributed by atoms with Gasteiger partial charge in [0, 0.05) is 19.3 Å². The molecule has 0 heterocycles. The summed E-state index contributed by atoms with van der Waals surface area (Å²) in [5, 5.41) is 0. The molecular formula is C74H138O6. The lowest BCUT2D eigenvalue weighted by atomic mass is 10.0. The van der Waals surface area contributed by atoms with Crippen molar-refractivity contribution in [1.82, 2.24) is 0 Å². The summed E-state index contributed by atoms with van der Waals surface area (Å²) in [7, 11) is 0. The first kappa shape index (κ1) is 77.6. The minimum atomic E-state index is -0.773. The van der Waals surface area contributed by atoms with Gasteiger partial charge in [-0.1, -0.05) is 340 Å². The molecule has 0 aromatic heterocycles. The number of rotatable bonds is 67. The molecule has 0 aromatic rings. The van der Waals surface area contributed by atoms with Gasteiger partial charge in [-0.15, -0.1) is 0 Å². The van der Waals surface area contributed by atoms with Crippen molar-refractivity contribution >= 4 is 17.9 Å². The lowest BCUT2D eigenvalue weighted by Gasteiger charge is -2.18. The maximum atomic E-state index is 12.9. The molecule has 0 aliphatic heterocycles. The Morgan fingerprint density at radius 2 is 0.450 bits per heavy atom. The van der Waals surface area contributed by atoms with E-state index in [0.717, 1.165) is 70.6 Å². The Morgan fingerprint density at radius 3 is 0.700 bits per heavy atom. The van der Waals surface area contributed by atoms with Crippen LogP contribution in [0.4, 0.5) is 0 Å². The lowest BCUT2D eigenvalue weighted by molar-refractivity contribution is -0.167. The fraction of sp³-hybridized carbons (Fsp3) is 0.878. The summed E-state index contributed by atoms with van der Waals surface area (Å²) in [6.07, 6.45) is 86.1. The van der Waals surface area contributed by atoms with Crippen LogP contribution in [0.25, 0.3) is 0 Å². The van der Waals surface area contributed by atoms with Crippen LogP contribution in [0.2, 0.25) is 0 Å². The zero-order valence-corrected chi connectivity index (χ0v) is 54.1. The molecular weight excluding hydrogens is 985 g/mol. The van der Waals surface area contributed by atoms with E-state index in [2.05, 4.69) is 57.2 Å². The fourth-order valence-electron chi connectivity index (χ4n) is 10.9. The molecule has 0 aliphatic rings. The largest absolute Gasteiger partial charge is 0.462 e. The summed E-state index contributed by atoms with van der Waals surface area (Å²) < 4.78 is 17.0. The molecule has 6 nitrogen and oxygen atoms in total. The highest BCUT2D eigenvalue weighted by atomic mass is 16.6. The number of ether oxygens (including phenoxy) is 3. The topological polar surface area (TPSA) is 78.9 Å². The van der Waals surface area contributed by atoms with Crippen LogP contribution < -0.4 is 0 Å². The van der Waals surface area contributed by atoms with Gasteiger partial charge in [-0.3, -0.25) is 14.4 Å². The van der Waals surface area contributed by atoms with Crippen molar-refractivity contribution in [3.63, 3.8) is 0 Å². The summed E-state index contributed by atoms with van der Waals surface area (Å²) in [5.41, 5.74) is 0. The maximum Gasteiger partial charge on any atom is 0.306 e. The average molecular weight is 1120 g/mol. The van der Waals surface area contributed by atoms with Gasteiger partial charge in [0.25, 0.3) is 0 Å². The molecule has 0 amide bonds. The Kier molecular flexibility index (Phi) is 67.1. The van der Waals surface area contributed by atoms with Gasteiger partial charge in [-0.25, -0.2) is 0 Å². The second kappa shape index (κ2) is 69.1. The van der Waals surface area contributed by atoms with Gasteiger partial charge in [0.15, 0.2) is 6.10 Å². The highest BCUT2D eigenvalue weighted by Crippen LogP contribution is 2.18. The second-order valence-corrected chi connectivity index (χ2v) is 24.5. The average Bonchev–Trinajstić information content (AvgIpc) is 3.46. The zero-order chi connectivity index (χ0) is 57.8. The van der Waals surface area contributed by atoms with Crippen LogP contribution in [-0.2, 0) is 28.6 Å². The third kappa shape index (κ3) is 66.4. The van der Waals surface area contributed by atoms with Gasteiger partial charge in [0.05, 0.1) is 0 Å². The van der Waals surface area contributed by atoms with E-state index in [1.807, 2.05) is 0 Å². The summed E-state index contributed by atoms with van der Waals surface area (Å²) in [6.45, 7) is 6.69. The van der Waals surface area contributed by atoms with E-state index in [1.54, 1.807) is 0 Å². The predicted octanol–water partition coefficient (Wildman–Crippen LogP) is 24.7. The molecule has 0 rings (SSSR count). The Bertz CT molecular complexity index is 1340. The molecule has 1 atom stereocenters.